The third-order valence-corrected chi connectivity index (χ3v) is 4.00. The van der Waals surface area contributed by atoms with Crippen LogP contribution in [0.1, 0.15) is 25.6 Å². The molecule has 0 aliphatic carbocycles. The van der Waals surface area contributed by atoms with Crippen LogP contribution in [-0.4, -0.2) is 39.4 Å². The number of nitrogens with zero attached hydrogens (tertiary/aromatic N) is 3. The van der Waals surface area contributed by atoms with Crippen LogP contribution in [0.3, 0.4) is 0 Å². The van der Waals surface area contributed by atoms with Crippen LogP contribution in [0.4, 0.5) is 0 Å². The fourth-order valence-corrected chi connectivity index (χ4v) is 2.75. The Bertz CT molecular complexity index is 784. The number of benzene rings is 1. The second-order valence-electron chi connectivity index (χ2n) is 6.01. The highest BCUT2D eigenvalue weighted by Gasteiger charge is 2.17. The van der Waals surface area contributed by atoms with Gasteiger partial charge in [-0.1, -0.05) is 31.2 Å². The zero-order valence-corrected chi connectivity index (χ0v) is 15.3. The summed E-state index contributed by atoms with van der Waals surface area (Å²) in [6.45, 7) is 10.7. The van der Waals surface area contributed by atoms with Gasteiger partial charge in [-0.05, 0) is 18.6 Å². The smallest absolute Gasteiger partial charge is 0.243 e. The largest absolute Gasteiger partial charge is 0.349 e. The van der Waals surface area contributed by atoms with Gasteiger partial charge in [0, 0.05) is 19.5 Å². The number of aromatic nitrogens is 2. The lowest BCUT2D eigenvalue weighted by Crippen LogP contribution is -2.35. The number of imidazole rings is 1. The lowest BCUT2D eigenvalue weighted by molar-refractivity contribution is -0.130. The maximum absolute atomic E-state index is 12.7. The molecular formula is C20H26N4O2. The van der Waals surface area contributed by atoms with Crippen molar-refractivity contribution in [2.45, 2.75) is 32.9 Å². The lowest BCUT2D eigenvalue weighted by atomic mass is 10.3. The Balaban J connectivity index is 2.26. The van der Waals surface area contributed by atoms with Gasteiger partial charge < -0.3 is 14.8 Å². The van der Waals surface area contributed by atoms with Gasteiger partial charge in [-0.15, -0.1) is 13.2 Å². The van der Waals surface area contributed by atoms with Crippen molar-refractivity contribution in [1.82, 2.24) is 19.8 Å². The van der Waals surface area contributed by atoms with Gasteiger partial charge in [0.1, 0.15) is 12.4 Å². The van der Waals surface area contributed by atoms with Crippen molar-refractivity contribution in [2.24, 2.45) is 0 Å². The van der Waals surface area contributed by atoms with Gasteiger partial charge in [0.25, 0.3) is 0 Å². The van der Waals surface area contributed by atoms with Crippen LogP contribution < -0.4 is 5.32 Å². The number of carbonyl (C=O) groups excluding carboxylic acids is 2. The number of nitrogens with one attached hydrogen (secondary N) is 1. The van der Waals surface area contributed by atoms with Crippen LogP contribution in [0.2, 0.25) is 0 Å². The van der Waals surface area contributed by atoms with Crippen LogP contribution in [0.5, 0.6) is 0 Å². The van der Waals surface area contributed by atoms with E-state index < -0.39 is 0 Å². The van der Waals surface area contributed by atoms with Gasteiger partial charge in [0.15, 0.2) is 0 Å². The van der Waals surface area contributed by atoms with Gasteiger partial charge >= 0.3 is 0 Å². The van der Waals surface area contributed by atoms with E-state index >= 15 is 0 Å². The third kappa shape index (κ3) is 4.81. The van der Waals surface area contributed by atoms with E-state index in [2.05, 4.69) is 23.5 Å². The molecule has 1 heterocycles. The van der Waals surface area contributed by atoms with Crippen LogP contribution in [-0.2, 0) is 22.7 Å². The molecule has 0 bridgehead atoms. The number of fused-ring (bicyclic) bond motifs is 1. The Morgan fingerprint density at radius 2 is 1.92 bits per heavy atom. The van der Waals surface area contributed by atoms with E-state index in [-0.39, 0.29) is 18.4 Å². The van der Waals surface area contributed by atoms with Gasteiger partial charge in [0.2, 0.25) is 11.8 Å². The summed E-state index contributed by atoms with van der Waals surface area (Å²) in [6, 6.07) is 7.65. The Hall–Kier alpha value is -2.89. The highest BCUT2D eigenvalue weighted by Crippen LogP contribution is 2.16. The number of hydrogen-bond acceptors (Lipinski definition) is 3. The average molecular weight is 354 g/mol. The Kier molecular flexibility index (Phi) is 7.14. The van der Waals surface area contributed by atoms with E-state index in [9.17, 15) is 9.59 Å². The first-order valence-electron chi connectivity index (χ1n) is 8.81. The second kappa shape index (κ2) is 9.56. The van der Waals surface area contributed by atoms with Crippen molar-refractivity contribution in [1.29, 1.82) is 0 Å². The standard InChI is InChI=1S/C20H26N4O2/c1-4-9-19(25)21-14-18-22-16-10-7-8-11-17(16)24(18)15-20(26)23(12-5-2)13-6-3/h5-8,10-11H,2-4,9,12-15H2,1H3,(H,21,25). The Morgan fingerprint density at radius 3 is 2.58 bits per heavy atom. The number of rotatable bonds is 10. The molecule has 6 nitrogen and oxygen atoms in total. The average Bonchev–Trinajstić information content (AvgIpc) is 2.98. The first-order chi connectivity index (χ1) is 12.6. The normalized spacial score (nSPS) is 10.5. The molecule has 0 aliphatic rings. The van der Waals surface area contributed by atoms with E-state index in [0.717, 1.165) is 17.5 Å². The van der Waals surface area contributed by atoms with Crippen molar-refractivity contribution in [3.8, 4) is 0 Å². The molecule has 138 valence electrons. The summed E-state index contributed by atoms with van der Waals surface area (Å²) in [5.74, 6) is 0.604. The molecule has 0 radical (unpaired) electrons. The summed E-state index contributed by atoms with van der Waals surface area (Å²) in [4.78, 5) is 30.8. The predicted molar refractivity (Wildman–Crippen MR) is 103 cm³/mol. The first-order valence-corrected chi connectivity index (χ1v) is 8.81. The molecule has 0 saturated heterocycles. The highest BCUT2D eigenvalue weighted by molar-refractivity contribution is 5.81. The van der Waals surface area contributed by atoms with Crippen LogP contribution in [0.25, 0.3) is 11.0 Å². The molecule has 2 amide bonds. The Labute approximate surface area is 154 Å². The molecular weight excluding hydrogens is 328 g/mol. The highest BCUT2D eigenvalue weighted by atomic mass is 16.2. The Morgan fingerprint density at radius 1 is 1.23 bits per heavy atom. The molecule has 0 atom stereocenters. The van der Waals surface area contributed by atoms with Crippen molar-refractivity contribution in [3.63, 3.8) is 0 Å². The summed E-state index contributed by atoms with van der Waals surface area (Å²) in [5, 5.41) is 2.87. The molecule has 0 saturated carbocycles. The van der Waals surface area contributed by atoms with Gasteiger partial charge in [0.05, 0.1) is 17.6 Å². The summed E-state index contributed by atoms with van der Waals surface area (Å²) in [5.41, 5.74) is 1.68. The van der Waals surface area contributed by atoms with E-state index in [1.54, 1.807) is 17.1 Å². The molecule has 0 spiro atoms. The van der Waals surface area contributed by atoms with E-state index in [1.165, 1.54) is 0 Å². The van der Waals surface area contributed by atoms with E-state index in [1.807, 2.05) is 35.8 Å². The third-order valence-electron chi connectivity index (χ3n) is 4.00. The minimum absolute atomic E-state index is 0.0163. The summed E-state index contributed by atoms with van der Waals surface area (Å²) in [6.07, 6.45) is 4.66. The van der Waals surface area contributed by atoms with Gasteiger partial charge in [-0.25, -0.2) is 4.98 Å². The van der Waals surface area contributed by atoms with Crippen LogP contribution in [0.15, 0.2) is 49.6 Å². The summed E-state index contributed by atoms with van der Waals surface area (Å²) >= 11 is 0. The maximum atomic E-state index is 12.7. The van der Waals surface area contributed by atoms with Gasteiger partial charge in [-0.2, -0.15) is 0 Å². The zero-order valence-electron chi connectivity index (χ0n) is 15.3. The van der Waals surface area contributed by atoms with E-state index in [0.29, 0.717) is 31.9 Å². The van der Waals surface area contributed by atoms with Crippen molar-refractivity contribution in [2.75, 3.05) is 13.1 Å². The molecule has 1 aromatic heterocycles. The molecule has 6 heteroatoms. The number of para-hydroxylation sites is 2. The van der Waals surface area contributed by atoms with Crippen LogP contribution >= 0.6 is 0 Å². The number of hydrogen-bond donors (Lipinski definition) is 1. The monoisotopic (exact) mass is 354 g/mol. The molecule has 0 unspecified atom stereocenters. The summed E-state index contributed by atoms with van der Waals surface area (Å²) < 4.78 is 1.86. The van der Waals surface area contributed by atoms with Crippen LogP contribution in [0, 0.1) is 0 Å². The quantitative estimate of drug-likeness (QED) is 0.667. The lowest BCUT2D eigenvalue weighted by Gasteiger charge is -2.20. The molecule has 2 rings (SSSR count). The SMILES string of the molecule is C=CCN(CC=C)C(=O)Cn1c(CNC(=O)CCC)nc2ccccc21. The molecule has 1 aromatic carbocycles. The van der Waals surface area contributed by atoms with Crippen molar-refractivity contribution in [3.05, 3.63) is 55.4 Å². The van der Waals surface area contributed by atoms with Gasteiger partial charge in [-0.3, -0.25) is 9.59 Å². The minimum atomic E-state index is -0.0471. The minimum Gasteiger partial charge on any atom is -0.349 e. The van der Waals surface area contributed by atoms with Crippen molar-refractivity contribution < 1.29 is 9.59 Å². The molecule has 0 aliphatic heterocycles. The topological polar surface area (TPSA) is 67.2 Å². The van der Waals surface area contributed by atoms with Crippen molar-refractivity contribution >= 4 is 22.8 Å². The van der Waals surface area contributed by atoms with E-state index in [4.69, 9.17) is 0 Å². The molecule has 2 aromatic rings. The zero-order chi connectivity index (χ0) is 18.9. The molecule has 0 fully saturated rings. The predicted octanol–water partition coefficient (Wildman–Crippen LogP) is 2.65. The first kappa shape index (κ1) is 19.4. The second-order valence-corrected chi connectivity index (χ2v) is 6.01. The molecule has 1 N–H and O–H groups in total. The number of carbonyl (C=O) groups is 2. The fourth-order valence-electron chi connectivity index (χ4n) is 2.75. The number of amides is 2. The fraction of sp³-hybridized carbons (Fsp3) is 0.350. The maximum Gasteiger partial charge on any atom is 0.243 e. The summed E-state index contributed by atoms with van der Waals surface area (Å²) in [7, 11) is 0. The molecule has 26 heavy (non-hydrogen) atoms.